The third-order valence-electron chi connectivity index (χ3n) is 3.16. The average molecular weight is 300 g/mol. The molecule has 0 spiro atoms. The Morgan fingerprint density at radius 3 is 3.00 bits per heavy atom. The number of anilines is 1. The lowest BCUT2D eigenvalue weighted by atomic mass is 10.1. The Morgan fingerprint density at radius 1 is 1.76 bits per heavy atom. The van der Waals surface area contributed by atoms with Crippen LogP contribution >= 0.6 is 0 Å². The predicted molar refractivity (Wildman–Crippen MR) is 68.0 cm³/mol. The van der Waals surface area contributed by atoms with Crippen LogP contribution in [0.25, 0.3) is 10.4 Å². The van der Waals surface area contributed by atoms with Crippen LogP contribution in [0.1, 0.15) is 6.23 Å². The van der Waals surface area contributed by atoms with Crippen molar-refractivity contribution in [1.29, 1.82) is 0 Å². The number of halogens is 1. The van der Waals surface area contributed by atoms with Gasteiger partial charge < -0.3 is 20.3 Å². The van der Waals surface area contributed by atoms with Gasteiger partial charge in [-0.05, 0) is 11.6 Å². The topological polar surface area (TPSA) is 145 Å². The summed E-state index contributed by atoms with van der Waals surface area (Å²) in [5.74, 6) is 0.272. The molecule has 2 rings (SSSR count). The van der Waals surface area contributed by atoms with E-state index in [-0.39, 0.29) is 5.82 Å². The van der Waals surface area contributed by atoms with Gasteiger partial charge in [-0.1, -0.05) is 5.11 Å². The zero-order valence-electron chi connectivity index (χ0n) is 10.9. The Morgan fingerprint density at radius 2 is 2.48 bits per heavy atom. The van der Waals surface area contributed by atoms with Gasteiger partial charge in [-0.3, -0.25) is 4.57 Å². The van der Waals surface area contributed by atoms with E-state index in [1.165, 1.54) is 12.3 Å². The summed E-state index contributed by atoms with van der Waals surface area (Å²) in [5, 5.41) is 24.8. The number of ether oxygens (including phenoxy) is 1. The van der Waals surface area contributed by atoms with Crippen LogP contribution in [0.5, 0.6) is 0 Å². The van der Waals surface area contributed by atoms with Crippen LogP contribution in [0.4, 0.5) is 10.2 Å². The maximum atomic E-state index is 14.2. The van der Waals surface area contributed by atoms with E-state index in [0.29, 0.717) is 0 Å². The zero-order chi connectivity index (χ0) is 15.6. The standard InChI is InChI=1S/C10H13FN6O4/c1-13-5-2-3-17(9(20)14-5)8-6(11)7(19)10(4-18,21-8)15-16-12/h2-3,6-8,18-19H,4H2,1H3,(H,13,14,20)/t6-,7-,8+,10?/m0/s1. The van der Waals surface area contributed by atoms with Crippen LogP contribution < -0.4 is 11.0 Å². The van der Waals surface area contributed by atoms with E-state index < -0.39 is 36.5 Å². The molecule has 0 aromatic carbocycles. The van der Waals surface area contributed by atoms with Gasteiger partial charge in [-0.2, -0.15) is 4.98 Å². The van der Waals surface area contributed by atoms with Crippen LogP contribution in [0.2, 0.25) is 0 Å². The molecule has 1 saturated heterocycles. The highest BCUT2D eigenvalue weighted by Crippen LogP contribution is 2.39. The molecule has 21 heavy (non-hydrogen) atoms. The van der Waals surface area contributed by atoms with Crippen LogP contribution in [0, 0.1) is 0 Å². The fourth-order valence-corrected chi connectivity index (χ4v) is 2.03. The first-order chi connectivity index (χ1) is 9.99. The molecule has 1 aliphatic heterocycles. The second-order valence-electron chi connectivity index (χ2n) is 4.34. The molecular formula is C10H13FN6O4. The van der Waals surface area contributed by atoms with Crippen LogP contribution in [-0.4, -0.2) is 51.4 Å². The normalized spacial score (nSPS) is 31.7. The SMILES string of the molecule is CNc1ccn([C@@H]2OC(CO)(N=[N+]=[N-])[C@@H](O)[C@@H]2F)c(=O)n1. The number of alkyl halides is 1. The number of hydrogen-bond acceptors (Lipinski definition) is 7. The van der Waals surface area contributed by atoms with E-state index in [4.69, 9.17) is 10.3 Å². The second kappa shape index (κ2) is 5.66. The van der Waals surface area contributed by atoms with E-state index >= 15 is 0 Å². The number of nitrogens with zero attached hydrogens (tertiary/aromatic N) is 5. The van der Waals surface area contributed by atoms with Crippen molar-refractivity contribution in [3.8, 4) is 0 Å². The summed E-state index contributed by atoms with van der Waals surface area (Å²) in [6.45, 7) is -0.939. The van der Waals surface area contributed by atoms with Gasteiger partial charge in [0.1, 0.15) is 11.9 Å². The Hall–Kier alpha value is -2.20. The largest absolute Gasteiger partial charge is 0.393 e. The number of azide groups is 1. The minimum absolute atomic E-state index is 0.272. The number of nitrogens with one attached hydrogen (secondary N) is 1. The molecule has 1 aromatic heterocycles. The molecule has 1 aromatic rings. The Kier molecular flexibility index (Phi) is 4.09. The van der Waals surface area contributed by atoms with Gasteiger partial charge in [-0.15, -0.1) is 0 Å². The molecule has 1 aliphatic rings. The monoisotopic (exact) mass is 300 g/mol. The fourth-order valence-electron chi connectivity index (χ4n) is 2.03. The van der Waals surface area contributed by atoms with Crippen molar-refractivity contribution in [1.82, 2.24) is 9.55 Å². The van der Waals surface area contributed by atoms with Gasteiger partial charge in [0.05, 0.1) is 6.61 Å². The van der Waals surface area contributed by atoms with Crippen molar-refractivity contribution in [3.05, 3.63) is 33.2 Å². The van der Waals surface area contributed by atoms with Crippen molar-refractivity contribution in [2.75, 3.05) is 19.0 Å². The van der Waals surface area contributed by atoms with Crippen LogP contribution in [0.15, 0.2) is 22.2 Å². The van der Waals surface area contributed by atoms with Crippen LogP contribution in [-0.2, 0) is 4.74 Å². The third-order valence-corrected chi connectivity index (χ3v) is 3.16. The number of rotatable bonds is 4. The lowest BCUT2D eigenvalue weighted by Crippen LogP contribution is -2.43. The molecule has 0 amide bonds. The Labute approximate surface area is 117 Å². The van der Waals surface area contributed by atoms with Gasteiger partial charge in [0.25, 0.3) is 0 Å². The lowest BCUT2D eigenvalue weighted by molar-refractivity contribution is -0.124. The molecule has 114 valence electrons. The average Bonchev–Trinajstić information content (AvgIpc) is 2.73. The predicted octanol–water partition coefficient (Wildman–Crippen LogP) is -0.488. The fraction of sp³-hybridized carbons (Fsp3) is 0.600. The molecule has 11 heteroatoms. The van der Waals surface area contributed by atoms with Gasteiger partial charge in [0.2, 0.25) is 5.72 Å². The molecule has 3 N–H and O–H groups in total. The van der Waals surface area contributed by atoms with Crippen molar-refractivity contribution in [2.45, 2.75) is 24.2 Å². The highest BCUT2D eigenvalue weighted by atomic mass is 19.1. The number of aliphatic hydroxyl groups excluding tert-OH is 2. The molecule has 10 nitrogen and oxygen atoms in total. The van der Waals surface area contributed by atoms with Gasteiger partial charge in [-0.25, -0.2) is 9.18 Å². The molecule has 0 radical (unpaired) electrons. The molecule has 4 atom stereocenters. The molecule has 0 bridgehead atoms. The van der Waals surface area contributed by atoms with Crippen molar-refractivity contribution >= 4 is 5.82 Å². The maximum absolute atomic E-state index is 14.2. The molecule has 0 saturated carbocycles. The quantitative estimate of drug-likeness (QED) is 0.388. The van der Waals surface area contributed by atoms with E-state index in [9.17, 15) is 19.4 Å². The van der Waals surface area contributed by atoms with Gasteiger partial charge >= 0.3 is 5.69 Å². The third kappa shape index (κ3) is 2.43. The summed E-state index contributed by atoms with van der Waals surface area (Å²) >= 11 is 0. The molecular weight excluding hydrogens is 287 g/mol. The van der Waals surface area contributed by atoms with Crippen LogP contribution in [0.3, 0.4) is 0 Å². The minimum atomic E-state index is -2.18. The smallest absolute Gasteiger partial charge is 0.351 e. The summed E-state index contributed by atoms with van der Waals surface area (Å²) in [6, 6.07) is 1.40. The second-order valence-corrected chi connectivity index (χ2v) is 4.34. The van der Waals surface area contributed by atoms with Gasteiger partial charge in [0, 0.05) is 18.2 Å². The highest BCUT2D eigenvalue weighted by Gasteiger charge is 2.56. The maximum Gasteiger partial charge on any atom is 0.351 e. The number of hydrogen-bond donors (Lipinski definition) is 3. The summed E-state index contributed by atoms with van der Waals surface area (Å²) in [6.07, 6.45) is -4.35. The summed E-state index contributed by atoms with van der Waals surface area (Å²) < 4.78 is 20.1. The van der Waals surface area contributed by atoms with Crippen molar-refractivity contribution in [2.24, 2.45) is 5.11 Å². The number of aliphatic hydroxyl groups is 2. The minimum Gasteiger partial charge on any atom is -0.393 e. The summed E-state index contributed by atoms with van der Waals surface area (Å²) in [7, 11) is 1.55. The van der Waals surface area contributed by atoms with E-state index in [1.807, 2.05) is 0 Å². The summed E-state index contributed by atoms with van der Waals surface area (Å²) in [5.41, 5.74) is 5.45. The molecule has 1 fully saturated rings. The Balaban J connectivity index is 2.42. The highest BCUT2D eigenvalue weighted by molar-refractivity contribution is 5.30. The number of aromatic nitrogens is 2. The van der Waals surface area contributed by atoms with E-state index in [1.54, 1.807) is 7.05 Å². The molecule has 2 heterocycles. The van der Waals surface area contributed by atoms with E-state index in [0.717, 1.165) is 4.57 Å². The van der Waals surface area contributed by atoms with Crippen molar-refractivity contribution < 1.29 is 19.3 Å². The molecule has 1 unspecified atom stereocenters. The first kappa shape index (κ1) is 15.2. The molecule has 0 aliphatic carbocycles. The lowest BCUT2D eigenvalue weighted by Gasteiger charge is -2.23. The van der Waals surface area contributed by atoms with Crippen molar-refractivity contribution in [3.63, 3.8) is 0 Å². The van der Waals surface area contributed by atoms with Gasteiger partial charge in [0.15, 0.2) is 12.4 Å². The zero-order valence-corrected chi connectivity index (χ0v) is 10.9. The van der Waals surface area contributed by atoms with E-state index in [2.05, 4.69) is 20.3 Å². The Bertz CT molecular complexity index is 632. The summed E-state index contributed by atoms with van der Waals surface area (Å²) in [4.78, 5) is 17.9. The first-order valence-electron chi connectivity index (χ1n) is 5.93. The first-order valence-corrected chi connectivity index (χ1v) is 5.93.